The lowest BCUT2D eigenvalue weighted by atomic mass is 10.0. The van der Waals surface area contributed by atoms with Gasteiger partial charge >= 0.3 is 0 Å². The van der Waals surface area contributed by atoms with Gasteiger partial charge in [0, 0.05) is 50.0 Å². The average Bonchev–Trinajstić information content (AvgIpc) is 2.75. The highest BCUT2D eigenvalue weighted by Crippen LogP contribution is 2.22. The number of carbonyl (C=O) groups excluding carboxylic acids is 1. The first-order valence-electron chi connectivity index (χ1n) is 10.2. The number of anilines is 1. The van der Waals surface area contributed by atoms with E-state index in [2.05, 4.69) is 34.5 Å². The highest BCUT2D eigenvalue weighted by atomic mass is 16.5. The van der Waals surface area contributed by atoms with Gasteiger partial charge in [-0.05, 0) is 56.2 Å². The molecule has 28 heavy (non-hydrogen) atoms. The Bertz CT molecular complexity index is 772. The molecule has 1 saturated heterocycles. The topological polar surface area (TPSA) is 44.8 Å². The van der Waals surface area contributed by atoms with Crippen molar-refractivity contribution in [3.63, 3.8) is 0 Å². The predicted octanol–water partition coefficient (Wildman–Crippen LogP) is 3.20. The molecule has 0 saturated carbocycles. The van der Waals surface area contributed by atoms with Crippen molar-refractivity contribution in [1.82, 2.24) is 10.2 Å². The van der Waals surface area contributed by atoms with Crippen molar-refractivity contribution in [1.29, 1.82) is 0 Å². The van der Waals surface area contributed by atoms with Gasteiger partial charge in [0.1, 0.15) is 5.75 Å². The molecule has 1 amide bonds. The van der Waals surface area contributed by atoms with Crippen molar-refractivity contribution in [2.24, 2.45) is 0 Å². The minimum absolute atomic E-state index is 0.103. The molecule has 1 N–H and O–H groups in total. The van der Waals surface area contributed by atoms with Crippen LogP contribution in [-0.4, -0.2) is 56.7 Å². The third-order valence-electron chi connectivity index (χ3n) is 5.44. The monoisotopic (exact) mass is 381 g/mol. The number of nitrogens with one attached hydrogen (secondary N) is 1. The van der Waals surface area contributed by atoms with E-state index in [9.17, 15) is 4.79 Å². The van der Waals surface area contributed by atoms with Crippen molar-refractivity contribution in [3.05, 3.63) is 59.7 Å². The van der Waals surface area contributed by atoms with Gasteiger partial charge in [-0.3, -0.25) is 4.79 Å². The number of amides is 1. The summed E-state index contributed by atoms with van der Waals surface area (Å²) in [6.07, 6.45) is 0.930. The van der Waals surface area contributed by atoms with Crippen molar-refractivity contribution < 1.29 is 9.53 Å². The van der Waals surface area contributed by atoms with E-state index < -0.39 is 0 Å². The molecule has 1 heterocycles. The van der Waals surface area contributed by atoms with Crippen LogP contribution in [0.15, 0.2) is 48.5 Å². The zero-order chi connectivity index (χ0) is 19.9. The second kappa shape index (κ2) is 9.60. The number of benzene rings is 2. The number of rotatable bonds is 7. The maximum atomic E-state index is 12.5. The maximum absolute atomic E-state index is 12.5. The molecule has 2 aromatic carbocycles. The van der Waals surface area contributed by atoms with Crippen LogP contribution in [0, 0.1) is 0 Å². The zero-order valence-electron chi connectivity index (χ0n) is 17.1. The van der Waals surface area contributed by atoms with E-state index >= 15 is 0 Å². The van der Waals surface area contributed by atoms with Crippen LogP contribution in [0.2, 0.25) is 0 Å². The summed E-state index contributed by atoms with van der Waals surface area (Å²) in [4.78, 5) is 16.7. The molecule has 0 bridgehead atoms. The number of hydrogen-bond acceptors (Lipinski definition) is 4. The van der Waals surface area contributed by atoms with E-state index in [-0.39, 0.29) is 5.91 Å². The van der Waals surface area contributed by atoms with Gasteiger partial charge in [0.15, 0.2) is 0 Å². The lowest BCUT2D eigenvalue weighted by Gasteiger charge is -2.35. The Kier molecular flexibility index (Phi) is 6.93. The third-order valence-corrected chi connectivity index (χ3v) is 5.44. The van der Waals surface area contributed by atoms with Gasteiger partial charge in [0.25, 0.3) is 5.91 Å². The van der Waals surface area contributed by atoms with Gasteiger partial charge in [0.05, 0.1) is 7.11 Å². The first-order valence-corrected chi connectivity index (χ1v) is 10.2. The molecule has 1 aliphatic heterocycles. The van der Waals surface area contributed by atoms with Crippen LogP contribution in [0.25, 0.3) is 0 Å². The summed E-state index contributed by atoms with van der Waals surface area (Å²) in [7, 11) is 1.72. The highest BCUT2D eigenvalue weighted by Gasteiger charge is 2.21. The number of hydrogen-bond donors (Lipinski definition) is 1. The number of ether oxygens (including phenoxy) is 1. The van der Waals surface area contributed by atoms with Crippen LogP contribution in [0.1, 0.15) is 29.8 Å². The van der Waals surface area contributed by atoms with Gasteiger partial charge in [-0.1, -0.05) is 18.2 Å². The first-order chi connectivity index (χ1) is 13.7. The lowest BCUT2D eigenvalue weighted by molar-refractivity contribution is 0.0773. The fourth-order valence-electron chi connectivity index (χ4n) is 3.84. The molecule has 1 atom stereocenters. The van der Waals surface area contributed by atoms with E-state index in [1.165, 1.54) is 11.3 Å². The smallest absolute Gasteiger partial charge is 0.253 e. The summed E-state index contributed by atoms with van der Waals surface area (Å²) in [6.45, 7) is 8.34. The molecule has 0 spiro atoms. The van der Waals surface area contributed by atoms with Crippen LogP contribution in [0.3, 0.4) is 0 Å². The van der Waals surface area contributed by atoms with Crippen molar-refractivity contribution in [2.75, 3.05) is 44.7 Å². The molecule has 1 fully saturated rings. The van der Waals surface area contributed by atoms with Crippen LogP contribution in [-0.2, 0) is 6.42 Å². The molecular formula is C23H31N3O2. The summed E-state index contributed by atoms with van der Waals surface area (Å²) in [6, 6.07) is 16.6. The molecule has 150 valence electrons. The van der Waals surface area contributed by atoms with Gasteiger partial charge in [-0.2, -0.15) is 0 Å². The van der Waals surface area contributed by atoms with Crippen molar-refractivity contribution >= 4 is 11.6 Å². The van der Waals surface area contributed by atoms with Crippen molar-refractivity contribution in [2.45, 2.75) is 26.3 Å². The SMILES string of the molecule is CCN(CC)C(=O)c1ccc(N2CCNC(Cc3ccccc3OC)C2)cc1. The second-order valence-electron chi connectivity index (χ2n) is 7.14. The number of methoxy groups -OCH3 is 1. The summed E-state index contributed by atoms with van der Waals surface area (Å²) in [5, 5.41) is 3.62. The first kappa shape index (κ1) is 20.2. The van der Waals surface area contributed by atoms with E-state index in [1.54, 1.807) is 7.11 Å². The minimum Gasteiger partial charge on any atom is -0.496 e. The fourth-order valence-corrected chi connectivity index (χ4v) is 3.84. The molecule has 1 aliphatic rings. The Labute approximate surface area is 168 Å². The van der Waals surface area contributed by atoms with Gasteiger partial charge in [0.2, 0.25) is 0 Å². The molecule has 0 radical (unpaired) electrons. The Morgan fingerprint density at radius 2 is 1.86 bits per heavy atom. The van der Waals surface area contributed by atoms with E-state index in [4.69, 9.17) is 4.74 Å². The highest BCUT2D eigenvalue weighted by molar-refractivity contribution is 5.94. The van der Waals surface area contributed by atoms with Crippen LogP contribution in [0.5, 0.6) is 5.75 Å². The van der Waals surface area contributed by atoms with Gasteiger partial charge in [-0.25, -0.2) is 0 Å². The lowest BCUT2D eigenvalue weighted by Crippen LogP contribution is -2.51. The van der Waals surface area contributed by atoms with Crippen molar-refractivity contribution in [3.8, 4) is 5.75 Å². The quantitative estimate of drug-likeness (QED) is 0.800. The van der Waals surface area contributed by atoms with E-state index in [0.29, 0.717) is 6.04 Å². The van der Waals surface area contributed by atoms with E-state index in [0.717, 1.165) is 50.5 Å². The Morgan fingerprint density at radius 3 is 2.54 bits per heavy atom. The summed E-state index contributed by atoms with van der Waals surface area (Å²) < 4.78 is 5.49. The molecule has 2 aromatic rings. The van der Waals surface area contributed by atoms with Gasteiger partial charge < -0.3 is 19.9 Å². The average molecular weight is 382 g/mol. The molecule has 5 heteroatoms. The molecule has 1 unspecified atom stereocenters. The Morgan fingerprint density at radius 1 is 1.14 bits per heavy atom. The standard InChI is InChI=1S/C23H31N3O2/c1-4-25(5-2)23(27)18-10-12-21(13-11-18)26-15-14-24-20(17-26)16-19-8-6-7-9-22(19)28-3/h6-13,20,24H,4-5,14-17H2,1-3H3. The van der Waals surface area contributed by atoms with Gasteiger partial charge in [-0.15, -0.1) is 0 Å². The summed E-state index contributed by atoms with van der Waals surface area (Å²) >= 11 is 0. The third kappa shape index (κ3) is 4.65. The summed E-state index contributed by atoms with van der Waals surface area (Å²) in [5.74, 6) is 1.05. The molecule has 3 rings (SSSR count). The minimum atomic E-state index is 0.103. The molecule has 0 aliphatic carbocycles. The number of para-hydroxylation sites is 1. The molecule has 5 nitrogen and oxygen atoms in total. The number of piperazine rings is 1. The number of nitrogens with zero attached hydrogens (tertiary/aromatic N) is 2. The van der Waals surface area contributed by atoms with Crippen LogP contribution < -0.4 is 15.0 Å². The Balaban J connectivity index is 1.66. The molecule has 0 aromatic heterocycles. The van der Waals surface area contributed by atoms with E-state index in [1.807, 2.05) is 43.0 Å². The predicted molar refractivity (Wildman–Crippen MR) is 114 cm³/mol. The van der Waals surface area contributed by atoms with Crippen LogP contribution in [0.4, 0.5) is 5.69 Å². The number of carbonyl (C=O) groups is 1. The Hall–Kier alpha value is -2.53. The summed E-state index contributed by atoms with van der Waals surface area (Å²) in [5.41, 5.74) is 3.15. The van der Waals surface area contributed by atoms with Crippen LogP contribution >= 0.6 is 0 Å². The maximum Gasteiger partial charge on any atom is 0.253 e. The zero-order valence-corrected chi connectivity index (χ0v) is 17.1. The molecular weight excluding hydrogens is 350 g/mol. The fraction of sp³-hybridized carbons (Fsp3) is 0.435. The largest absolute Gasteiger partial charge is 0.496 e. The normalized spacial score (nSPS) is 16.7. The second-order valence-corrected chi connectivity index (χ2v) is 7.14.